The van der Waals surface area contributed by atoms with E-state index in [4.69, 9.17) is 4.74 Å². The average Bonchev–Trinajstić information content (AvgIpc) is 3.15. The van der Waals surface area contributed by atoms with Crippen molar-refractivity contribution in [3.8, 4) is 0 Å². The second kappa shape index (κ2) is 8.86. The van der Waals surface area contributed by atoms with Crippen molar-refractivity contribution >= 4 is 32.3 Å². The molecule has 3 rings (SSSR count). The Labute approximate surface area is 175 Å². The fourth-order valence-electron chi connectivity index (χ4n) is 3.10. The van der Waals surface area contributed by atoms with Gasteiger partial charge in [-0.3, -0.25) is 4.79 Å². The third kappa shape index (κ3) is 5.19. The average molecular weight is 439 g/mol. The summed E-state index contributed by atoms with van der Waals surface area (Å²) >= 11 is 1.40. The van der Waals surface area contributed by atoms with Crippen LogP contribution in [0.1, 0.15) is 49.0 Å². The highest BCUT2D eigenvalue weighted by atomic mass is 32.2. The van der Waals surface area contributed by atoms with Crippen LogP contribution >= 0.6 is 11.3 Å². The Hall–Kier alpha value is -1.88. The monoisotopic (exact) mass is 438 g/mol. The smallest absolute Gasteiger partial charge is 0.243 e. The van der Waals surface area contributed by atoms with Gasteiger partial charge in [0.15, 0.2) is 5.78 Å². The number of morpholine rings is 1. The third-order valence-electron chi connectivity index (χ3n) is 4.51. The summed E-state index contributed by atoms with van der Waals surface area (Å²) < 4.78 is 33.1. The number of carbonyl (C=O) groups excluding carboxylic acids is 1. The topological polar surface area (TPSA) is 101 Å². The molecule has 2 heterocycles. The zero-order chi connectivity index (χ0) is 21.2. The molecule has 1 aromatic heterocycles. The summed E-state index contributed by atoms with van der Waals surface area (Å²) in [5.74, 6) is 0.0540. The second-order valence-corrected chi connectivity index (χ2v) is 10.4. The molecule has 10 heteroatoms. The minimum atomic E-state index is -3.70. The number of nitrogens with one attached hydrogen (secondary N) is 1. The van der Waals surface area contributed by atoms with Gasteiger partial charge >= 0.3 is 0 Å². The Morgan fingerprint density at radius 3 is 2.59 bits per heavy atom. The van der Waals surface area contributed by atoms with E-state index in [0.29, 0.717) is 23.8 Å². The minimum absolute atomic E-state index is 0.0157. The lowest BCUT2D eigenvalue weighted by Crippen LogP contribution is -2.48. The molecule has 1 N–H and O–H groups in total. The van der Waals surface area contributed by atoms with E-state index in [1.165, 1.54) is 27.8 Å². The molecular formula is C19H26N4O4S2. The minimum Gasteiger partial charge on any atom is -0.373 e. The summed E-state index contributed by atoms with van der Waals surface area (Å²) in [6.07, 6.45) is -0.352. The number of hydrogen-bond donors (Lipinski definition) is 1. The molecule has 0 saturated carbocycles. The van der Waals surface area contributed by atoms with Crippen LogP contribution in [0.4, 0.5) is 5.13 Å². The molecule has 1 fully saturated rings. The molecule has 1 aliphatic rings. The van der Waals surface area contributed by atoms with E-state index < -0.39 is 10.0 Å². The van der Waals surface area contributed by atoms with Gasteiger partial charge in [-0.25, -0.2) is 8.42 Å². The zero-order valence-corrected chi connectivity index (χ0v) is 18.6. The Bertz CT molecular complexity index is 964. The first kappa shape index (κ1) is 21.8. The molecule has 0 aliphatic carbocycles. The number of rotatable bonds is 7. The number of aromatic nitrogens is 2. The van der Waals surface area contributed by atoms with Crippen molar-refractivity contribution in [3.05, 3.63) is 34.8 Å². The number of ether oxygens (including phenoxy) is 1. The maximum absolute atomic E-state index is 13.0. The quantitative estimate of drug-likeness (QED) is 0.663. The largest absolute Gasteiger partial charge is 0.373 e. The van der Waals surface area contributed by atoms with Crippen molar-refractivity contribution in [1.82, 2.24) is 14.5 Å². The molecule has 29 heavy (non-hydrogen) atoms. The second-order valence-electron chi connectivity index (χ2n) is 7.48. The van der Waals surface area contributed by atoms with Crippen LogP contribution in [0, 0.1) is 0 Å². The van der Waals surface area contributed by atoms with Gasteiger partial charge in [0.25, 0.3) is 0 Å². The van der Waals surface area contributed by atoms with Crippen molar-refractivity contribution in [2.75, 3.05) is 25.0 Å². The van der Waals surface area contributed by atoms with Gasteiger partial charge in [-0.15, -0.1) is 10.2 Å². The zero-order valence-electron chi connectivity index (χ0n) is 17.0. The van der Waals surface area contributed by atoms with Crippen LogP contribution in [0.25, 0.3) is 0 Å². The molecule has 1 saturated heterocycles. The molecule has 8 nitrogen and oxygen atoms in total. The summed E-state index contributed by atoms with van der Waals surface area (Å²) in [4.78, 5) is 12.7. The summed E-state index contributed by atoms with van der Waals surface area (Å²) in [5, 5.41) is 12.5. The summed E-state index contributed by atoms with van der Waals surface area (Å²) in [6, 6.07) is 6.16. The van der Waals surface area contributed by atoms with Gasteiger partial charge < -0.3 is 10.1 Å². The van der Waals surface area contributed by atoms with E-state index in [9.17, 15) is 13.2 Å². The van der Waals surface area contributed by atoms with E-state index in [0.717, 1.165) is 5.01 Å². The maximum atomic E-state index is 13.0. The first-order chi connectivity index (χ1) is 13.7. The lowest BCUT2D eigenvalue weighted by Gasteiger charge is -2.34. The number of nitrogens with zero attached hydrogens (tertiary/aromatic N) is 3. The number of Topliss-reactive ketones (excluding diaryl/α,β-unsaturated/α-hetero) is 1. The fourth-order valence-corrected chi connectivity index (χ4v) is 5.48. The molecule has 0 bridgehead atoms. The molecule has 0 spiro atoms. The van der Waals surface area contributed by atoms with Crippen LogP contribution in [0.2, 0.25) is 0 Å². The molecule has 0 amide bonds. The van der Waals surface area contributed by atoms with E-state index in [-0.39, 0.29) is 35.3 Å². The molecular weight excluding hydrogens is 412 g/mol. The number of carbonyl (C=O) groups is 1. The Kier molecular flexibility index (Phi) is 6.67. The maximum Gasteiger partial charge on any atom is 0.243 e. The molecule has 1 aromatic carbocycles. The molecule has 2 unspecified atom stereocenters. The molecule has 2 aromatic rings. The van der Waals surface area contributed by atoms with Crippen molar-refractivity contribution in [2.24, 2.45) is 0 Å². The van der Waals surface area contributed by atoms with Gasteiger partial charge in [-0.2, -0.15) is 4.31 Å². The van der Waals surface area contributed by atoms with Crippen LogP contribution in [0.5, 0.6) is 0 Å². The van der Waals surface area contributed by atoms with Crippen LogP contribution in [0.15, 0.2) is 29.2 Å². The predicted octanol–water partition coefficient (Wildman–Crippen LogP) is 2.75. The lowest BCUT2D eigenvalue weighted by molar-refractivity contribution is -0.0440. The Morgan fingerprint density at radius 1 is 1.28 bits per heavy atom. The normalized spacial score (nSPS) is 20.7. The third-order valence-corrected chi connectivity index (χ3v) is 7.52. The van der Waals surface area contributed by atoms with Gasteiger partial charge in [0, 0.05) is 24.6 Å². The molecule has 2 atom stereocenters. The highest BCUT2D eigenvalue weighted by Crippen LogP contribution is 2.24. The van der Waals surface area contributed by atoms with Gasteiger partial charge in [0.1, 0.15) is 5.01 Å². The van der Waals surface area contributed by atoms with Crippen molar-refractivity contribution in [3.63, 3.8) is 0 Å². The van der Waals surface area contributed by atoms with Crippen molar-refractivity contribution < 1.29 is 17.9 Å². The van der Waals surface area contributed by atoms with Gasteiger partial charge in [-0.05, 0) is 26.0 Å². The highest BCUT2D eigenvalue weighted by molar-refractivity contribution is 7.89. The summed E-state index contributed by atoms with van der Waals surface area (Å²) in [6.45, 7) is 8.35. The molecule has 158 valence electrons. The first-order valence-electron chi connectivity index (χ1n) is 9.53. The van der Waals surface area contributed by atoms with E-state index in [1.54, 1.807) is 12.1 Å². The van der Waals surface area contributed by atoms with Gasteiger partial charge in [0.05, 0.1) is 23.6 Å². The van der Waals surface area contributed by atoms with Crippen LogP contribution < -0.4 is 5.32 Å². The number of anilines is 1. The molecule has 1 aliphatic heterocycles. The van der Waals surface area contributed by atoms with Crippen molar-refractivity contribution in [1.29, 1.82) is 0 Å². The fraction of sp³-hybridized carbons (Fsp3) is 0.526. The number of ketones is 1. The standard InChI is InChI=1S/C19H26N4O4S2/c1-12(2)18-21-22-19(28-18)20-9-17(24)15-6-5-7-16(8-15)29(25,26)23-10-13(3)27-14(4)11-23/h5-8,12-14H,9-11H2,1-4H3,(H,20,22). The number of sulfonamides is 1. The number of benzene rings is 1. The predicted molar refractivity (Wildman–Crippen MR) is 112 cm³/mol. The van der Waals surface area contributed by atoms with Crippen LogP contribution in [0.3, 0.4) is 0 Å². The van der Waals surface area contributed by atoms with E-state index in [1.807, 2.05) is 27.7 Å². The van der Waals surface area contributed by atoms with Crippen LogP contribution in [-0.4, -0.2) is 60.5 Å². The van der Waals surface area contributed by atoms with Crippen LogP contribution in [-0.2, 0) is 14.8 Å². The van der Waals surface area contributed by atoms with Gasteiger partial charge in [0.2, 0.25) is 15.2 Å². The first-order valence-corrected chi connectivity index (χ1v) is 11.8. The SMILES string of the molecule is CC1CN(S(=O)(=O)c2cccc(C(=O)CNc3nnc(C(C)C)s3)c2)CC(C)O1. The number of hydrogen-bond acceptors (Lipinski definition) is 8. The lowest BCUT2D eigenvalue weighted by atomic mass is 10.1. The van der Waals surface area contributed by atoms with Gasteiger partial charge in [-0.1, -0.05) is 37.3 Å². The van der Waals surface area contributed by atoms with E-state index >= 15 is 0 Å². The molecule has 0 radical (unpaired) electrons. The highest BCUT2D eigenvalue weighted by Gasteiger charge is 2.32. The summed E-state index contributed by atoms with van der Waals surface area (Å²) in [5.41, 5.74) is 0.335. The summed E-state index contributed by atoms with van der Waals surface area (Å²) in [7, 11) is -3.70. The van der Waals surface area contributed by atoms with E-state index in [2.05, 4.69) is 15.5 Å². The van der Waals surface area contributed by atoms with Crippen molar-refractivity contribution in [2.45, 2.75) is 50.7 Å². The Balaban J connectivity index is 1.71. The Morgan fingerprint density at radius 2 is 1.97 bits per heavy atom.